The van der Waals surface area contributed by atoms with E-state index in [-0.39, 0.29) is 6.61 Å². The molecule has 0 amide bonds. The molecule has 166 valence electrons. The first-order valence-electron chi connectivity index (χ1n) is 11.2. The van der Waals surface area contributed by atoms with Gasteiger partial charge in [0.1, 0.15) is 24.2 Å². The molecule has 3 aromatic rings. The molecule has 1 saturated heterocycles. The van der Waals surface area contributed by atoms with Crippen LogP contribution in [0.2, 0.25) is 0 Å². The van der Waals surface area contributed by atoms with Crippen LogP contribution in [0.25, 0.3) is 11.0 Å². The van der Waals surface area contributed by atoms with Gasteiger partial charge in [0.25, 0.3) is 0 Å². The van der Waals surface area contributed by atoms with Crippen LogP contribution in [0.3, 0.4) is 0 Å². The molecule has 1 atom stereocenters. The van der Waals surface area contributed by atoms with E-state index in [2.05, 4.69) is 10.6 Å². The highest BCUT2D eigenvalue weighted by atomic mass is 16.5. The van der Waals surface area contributed by atoms with Crippen molar-refractivity contribution in [2.24, 2.45) is 0 Å². The molecule has 2 aromatic carbocycles. The van der Waals surface area contributed by atoms with Crippen LogP contribution >= 0.6 is 0 Å². The first kappa shape index (κ1) is 21.5. The summed E-state index contributed by atoms with van der Waals surface area (Å²) in [4.78, 5) is 1.63. The largest absolute Gasteiger partial charge is 0.497 e. The number of aliphatic hydroxyl groups is 1. The van der Waals surface area contributed by atoms with Gasteiger partial charge in [-0.15, -0.1) is 0 Å². The average Bonchev–Trinajstić information content (AvgIpc) is 3.08. The molecule has 2 heterocycles. The highest BCUT2D eigenvalue weighted by Crippen LogP contribution is 2.18. The summed E-state index contributed by atoms with van der Waals surface area (Å²) < 4.78 is 14.9. The van der Waals surface area contributed by atoms with Crippen LogP contribution in [-0.2, 0) is 13.1 Å². The van der Waals surface area contributed by atoms with Crippen molar-refractivity contribution >= 4 is 11.0 Å². The lowest BCUT2D eigenvalue weighted by atomic mass is 10.1. The Kier molecular flexibility index (Phi) is 6.94. The standard InChI is InChI=1S/C24H32N4O3/c1-30-20-9-11-21(12-10-20)31-18-19(29)17-28-23-8-4-3-7-22(23)27(24(28)25)16-15-26-13-5-2-6-14-26/h3-4,7-12,19,25,29H,2,5-6,13-18H2,1H3/p+1/t19-/m0/s1. The molecule has 4 rings (SSSR count). The quantitative estimate of drug-likeness (QED) is 0.486. The SMILES string of the molecule is COc1ccc(OC[C@@H](O)Cn2c(=N)n(CC[NH+]3CCCCC3)c3ccccc32)cc1. The first-order valence-corrected chi connectivity index (χ1v) is 11.2. The summed E-state index contributed by atoms with van der Waals surface area (Å²) in [6.45, 7) is 4.80. The van der Waals surface area contributed by atoms with Gasteiger partial charge in [0.15, 0.2) is 0 Å². The zero-order valence-corrected chi connectivity index (χ0v) is 18.2. The van der Waals surface area contributed by atoms with E-state index in [0.717, 1.165) is 29.9 Å². The number of rotatable bonds is 9. The third kappa shape index (κ3) is 5.11. The van der Waals surface area contributed by atoms with Crippen LogP contribution in [0.4, 0.5) is 0 Å². The number of para-hydroxylation sites is 2. The Bertz CT molecular complexity index is 1040. The minimum atomic E-state index is -0.719. The van der Waals surface area contributed by atoms with Crippen molar-refractivity contribution in [3.8, 4) is 11.5 Å². The maximum absolute atomic E-state index is 10.6. The summed E-state index contributed by atoms with van der Waals surface area (Å²) >= 11 is 0. The molecule has 1 fully saturated rings. The van der Waals surface area contributed by atoms with Gasteiger partial charge in [-0.05, 0) is 55.7 Å². The highest BCUT2D eigenvalue weighted by Gasteiger charge is 2.17. The van der Waals surface area contributed by atoms with Gasteiger partial charge >= 0.3 is 0 Å². The number of nitrogens with one attached hydrogen (secondary N) is 2. The summed E-state index contributed by atoms with van der Waals surface area (Å²) in [5.74, 6) is 1.45. The molecule has 0 unspecified atom stereocenters. The predicted octanol–water partition coefficient (Wildman–Crippen LogP) is 1.44. The van der Waals surface area contributed by atoms with Crippen LogP contribution in [0.5, 0.6) is 11.5 Å². The predicted molar refractivity (Wildman–Crippen MR) is 120 cm³/mol. The number of hydrogen-bond acceptors (Lipinski definition) is 4. The van der Waals surface area contributed by atoms with Gasteiger partial charge in [0, 0.05) is 0 Å². The van der Waals surface area contributed by atoms with Gasteiger partial charge < -0.3 is 28.6 Å². The van der Waals surface area contributed by atoms with Crippen molar-refractivity contribution < 1.29 is 19.5 Å². The zero-order chi connectivity index (χ0) is 21.6. The summed E-state index contributed by atoms with van der Waals surface area (Å²) in [5.41, 5.74) is 2.46. The molecule has 0 aliphatic carbocycles. The highest BCUT2D eigenvalue weighted by molar-refractivity contribution is 5.75. The third-order valence-electron chi connectivity index (χ3n) is 6.12. The van der Waals surface area contributed by atoms with Gasteiger partial charge in [0.2, 0.25) is 5.62 Å². The monoisotopic (exact) mass is 425 g/mol. The van der Waals surface area contributed by atoms with Gasteiger partial charge in [-0.2, -0.15) is 0 Å². The number of aliphatic hydroxyl groups excluding tert-OH is 1. The van der Waals surface area contributed by atoms with Crippen LogP contribution < -0.4 is 20.0 Å². The summed E-state index contributed by atoms with van der Waals surface area (Å²) in [7, 11) is 1.62. The van der Waals surface area contributed by atoms with E-state index < -0.39 is 6.10 Å². The maximum atomic E-state index is 10.6. The van der Waals surface area contributed by atoms with Crippen molar-refractivity contribution in [1.29, 1.82) is 5.41 Å². The number of quaternary nitrogens is 1. The lowest BCUT2D eigenvalue weighted by Crippen LogP contribution is -3.13. The lowest BCUT2D eigenvalue weighted by molar-refractivity contribution is -0.905. The number of nitrogens with zero attached hydrogens (tertiary/aromatic N) is 2. The molecule has 1 aromatic heterocycles. The van der Waals surface area contributed by atoms with Crippen molar-refractivity contribution in [3.05, 3.63) is 54.1 Å². The Morgan fingerprint density at radius 2 is 1.61 bits per heavy atom. The van der Waals surface area contributed by atoms with Crippen molar-refractivity contribution in [1.82, 2.24) is 9.13 Å². The fraction of sp³-hybridized carbons (Fsp3) is 0.458. The molecule has 0 saturated carbocycles. The number of likely N-dealkylation sites (tertiary alicyclic amines) is 1. The van der Waals surface area contributed by atoms with E-state index in [1.54, 1.807) is 12.0 Å². The van der Waals surface area contributed by atoms with Crippen LogP contribution in [0, 0.1) is 5.41 Å². The molecular weight excluding hydrogens is 392 g/mol. The van der Waals surface area contributed by atoms with Crippen LogP contribution in [0.15, 0.2) is 48.5 Å². The van der Waals surface area contributed by atoms with Crippen LogP contribution in [-0.4, -0.2) is 53.7 Å². The number of ether oxygens (including phenoxy) is 2. The van der Waals surface area contributed by atoms with E-state index in [1.807, 2.05) is 47.0 Å². The van der Waals surface area contributed by atoms with E-state index in [4.69, 9.17) is 14.9 Å². The molecule has 1 aliphatic rings. The van der Waals surface area contributed by atoms with Crippen molar-refractivity contribution in [2.75, 3.05) is 33.4 Å². The normalized spacial score (nSPS) is 15.8. The smallest absolute Gasteiger partial charge is 0.203 e. The molecule has 1 aliphatic heterocycles. The first-order chi connectivity index (χ1) is 15.2. The Morgan fingerprint density at radius 3 is 2.29 bits per heavy atom. The molecule has 7 heteroatoms. The number of piperidine rings is 1. The second-order valence-corrected chi connectivity index (χ2v) is 8.28. The van der Waals surface area contributed by atoms with Gasteiger partial charge in [-0.25, -0.2) is 0 Å². The van der Waals surface area contributed by atoms with E-state index in [1.165, 1.54) is 32.4 Å². The minimum Gasteiger partial charge on any atom is -0.497 e. The lowest BCUT2D eigenvalue weighted by Gasteiger charge is -2.23. The number of fused-ring (bicyclic) bond motifs is 1. The topological polar surface area (TPSA) is 76.8 Å². The fourth-order valence-electron chi connectivity index (χ4n) is 4.41. The van der Waals surface area contributed by atoms with E-state index >= 15 is 0 Å². The summed E-state index contributed by atoms with van der Waals surface area (Å²) in [6, 6.07) is 15.4. The van der Waals surface area contributed by atoms with E-state index in [9.17, 15) is 5.11 Å². The minimum absolute atomic E-state index is 0.163. The fourth-order valence-corrected chi connectivity index (χ4v) is 4.41. The maximum Gasteiger partial charge on any atom is 0.203 e. The molecule has 0 spiro atoms. The second kappa shape index (κ2) is 10.0. The summed E-state index contributed by atoms with van der Waals surface area (Å²) in [6.07, 6.45) is 3.23. The zero-order valence-electron chi connectivity index (χ0n) is 18.2. The Labute approximate surface area is 182 Å². The second-order valence-electron chi connectivity index (χ2n) is 8.28. The third-order valence-corrected chi connectivity index (χ3v) is 6.12. The molecule has 7 nitrogen and oxygen atoms in total. The van der Waals surface area contributed by atoms with Crippen molar-refractivity contribution in [3.63, 3.8) is 0 Å². The molecular formula is C24H33N4O3+. The number of aromatic nitrogens is 2. The molecule has 3 N–H and O–H groups in total. The van der Waals surface area contributed by atoms with Gasteiger partial charge in [-0.3, -0.25) is 5.41 Å². The number of methoxy groups -OCH3 is 1. The number of benzene rings is 2. The van der Waals surface area contributed by atoms with Crippen LogP contribution in [0.1, 0.15) is 19.3 Å². The number of hydrogen-bond donors (Lipinski definition) is 3. The number of imidazole rings is 1. The Hall–Kier alpha value is -2.77. The summed E-state index contributed by atoms with van der Waals surface area (Å²) in [5, 5.41) is 19.4. The van der Waals surface area contributed by atoms with Gasteiger partial charge in [-0.1, -0.05) is 12.1 Å². The van der Waals surface area contributed by atoms with Crippen molar-refractivity contribution in [2.45, 2.75) is 38.5 Å². The Balaban J connectivity index is 1.45. The van der Waals surface area contributed by atoms with E-state index in [0.29, 0.717) is 17.9 Å². The Morgan fingerprint density at radius 1 is 0.968 bits per heavy atom. The molecule has 0 bridgehead atoms. The molecule has 31 heavy (non-hydrogen) atoms. The molecule has 0 radical (unpaired) electrons. The van der Waals surface area contributed by atoms with Gasteiger partial charge in [0.05, 0.1) is 50.9 Å². The average molecular weight is 426 g/mol.